The van der Waals surface area contributed by atoms with Crippen molar-refractivity contribution in [3.63, 3.8) is 0 Å². The number of rotatable bonds is 2. The van der Waals surface area contributed by atoms with E-state index in [1.165, 1.54) is 18.3 Å². The van der Waals surface area contributed by atoms with Gasteiger partial charge in [-0.2, -0.15) is 13.2 Å². The second-order valence-electron chi connectivity index (χ2n) is 3.73. The second kappa shape index (κ2) is 4.48. The number of aromatic nitrogens is 1. The van der Waals surface area contributed by atoms with Gasteiger partial charge in [-0.05, 0) is 12.1 Å². The minimum absolute atomic E-state index is 0.0796. The molecule has 0 fully saturated rings. The smallest absolute Gasteiger partial charge is 0.360 e. The third kappa shape index (κ3) is 2.62. The van der Waals surface area contributed by atoms with Crippen LogP contribution in [-0.4, -0.2) is 16.9 Å². The van der Waals surface area contributed by atoms with Gasteiger partial charge in [0, 0.05) is 27.7 Å². The van der Waals surface area contributed by atoms with Crippen molar-refractivity contribution < 1.29 is 18.0 Å². The molecule has 0 aliphatic heterocycles. The topological polar surface area (TPSA) is 32.9 Å². The Morgan fingerprint density at radius 2 is 1.94 bits per heavy atom. The van der Waals surface area contributed by atoms with Gasteiger partial charge in [-0.25, -0.2) is 0 Å². The Morgan fingerprint density at radius 1 is 1.28 bits per heavy atom. The Balaban J connectivity index is 2.50. The molecular weight excluding hydrogens is 290 g/mol. The summed E-state index contributed by atoms with van der Waals surface area (Å²) >= 11 is 11.6. The first-order valence-corrected chi connectivity index (χ1v) is 5.59. The highest BCUT2D eigenvalue weighted by molar-refractivity contribution is 6.39. The lowest BCUT2D eigenvalue weighted by Gasteiger charge is -2.05. The molecule has 18 heavy (non-hydrogen) atoms. The predicted molar refractivity (Wildman–Crippen MR) is 63.3 cm³/mol. The van der Waals surface area contributed by atoms with Crippen LogP contribution in [0, 0.1) is 0 Å². The number of ketones is 1. The first-order chi connectivity index (χ1) is 8.28. The minimum Gasteiger partial charge on any atom is -0.360 e. The summed E-state index contributed by atoms with van der Waals surface area (Å²) in [5.41, 5.74) is 0.349. The maximum Gasteiger partial charge on any atom is 0.396 e. The molecule has 1 aromatic heterocycles. The Morgan fingerprint density at radius 3 is 2.56 bits per heavy atom. The van der Waals surface area contributed by atoms with Crippen LogP contribution in [0.25, 0.3) is 10.9 Å². The number of hydrogen-bond donors (Lipinski definition) is 1. The van der Waals surface area contributed by atoms with Crippen molar-refractivity contribution in [1.82, 2.24) is 4.98 Å². The van der Waals surface area contributed by atoms with Crippen LogP contribution in [0.1, 0.15) is 16.8 Å². The summed E-state index contributed by atoms with van der Waals surface area (Å²) in [7, 11) is 0. The van der Waals surface area contributed by atoms with E-state index < -0.39 is 18.4 Å². The number of halogens is 5. The van der Waals surface area contributed by atoms with Crippen LogP contribution >= 0.6 is 23.2 Å². The van der Waals surface area contributed by atoms with Crippen molar-refractivity contribution in [2.75, 3.05) is 0 Å². The zero-order valence-electron chi connectivity index (χ0n) is 8.74. The number of fused-ring (bicyclic) bond motifs is 1. The molecule has 1 aromatic carbocycles. The number of carbonyl (C=O) groups excluding carboxylic acids is 1. The van der Waals surface area contributed by atoms with Gasteiger partial charge in [-0.1, -0.05) is 23.2 Å². The fourth-order valence-electron chi connectivity index (χ4n) is 1.68. The maximum absolute atomic E-state index is 12.2. The molecule has 0 unspecified atom stereocenters. The third-order valence-electron chi connectivity index (χ3n) is 2.36. The zero-order chi connectivity index (χ0) is 13.5. The fraction of sp³-hybridized carbons (Fsp3) is 0.182. The van der Waals surface area contributed by atoms with Crippen molar-refractivity contribution in [2.24, 2.45) is 0 Å². The first kappa shape index (κ1) is 13.2. The van der Waals surface area contributed by atoms with Crippen molar-refractivity contribution >= 4 is 39.9 Å². The molecule has 96 valence electrons. The van der Waals surface area contributed by atoms with Gasteiger partial charge in [-0.3, -0.25) is 4.79 Å². The van der Waals surface area contributed by atoms with E-state index in [1.54, 1.807) is 0 Å². The van der Waals surface area contributed by atoms with Crippen LogP contribution in [0.4, 0.5) is 13.2 Å². The van der Waals surface area contributed by atoms with E-state index in [0.717, 1.165) is 0 Å². The van der Waals surface area contributed by atoms with Crippen LogP contribution in [0.5, 0.6) is 0 Å². The Bertz CT molecular complexity index is 619. The summed E-state index contributed by atoms with van der Waals surface area (Å²) in [5.74, 6) is -1.03. The molecule has 0 amide bonds. The van der Waals surface area contributed by atoms with Crippen molar-refractivity contribution in [3.8, 4) is 0 Å². The maximum atomic E-state index is 12.2. The molecule has 7 heteroatoms. The van der Waals surface area contributed by atoms with Gasteiger partial charge in [0.05, 0.1) is 5.02 Å². The third-order valence-corrected chi connectivity index (χ3v) is 2.87. The van der Waals surface area contributed by atoms with E-state index in [0.29, 0.717) is 10.5 Å². The van der Waals surface area contributed by atoms with E-state index in [9.17, 15) is 18.0 Å². The Hall–Kier alpha value is -1.20. The van der Waals surface area contributed by atoms with E-state index in [1.807, 2.05) is 0 Å². The summed E-state index contributed by atoms with van der Waals surface area (Å²) in [6.45, 7) is 0. The van der Waals surface area contributed by atoms with E-state index in [-0.39, 0.29) is 16.0 Å². The van der Waals surface area contributed by atoms with Gasteiger partial charge >= 0.3 is 6.18 Å². The molecule has 0 bridgehead atoms. The number of nitrogens with one attached hydrogen (secondary N) is 1. The van der Waals surface area contributed by atoms with Gasteiger partial charge in [0.1, 0.15) is 6.42 Å². The molecule has 0 saturated carbocycles. The fourth-order valence-corrected chi connectivity index (χ4v) is 2.28. The van der Waals surface area contributed by atoms with Crippen LogP contribution in [0.15, 0.2) is 18.3 Å². The Kier molecular flexibility index (Phi) is 3.29. The lowest BCUT2D eigenvalue weighted by Crippen LogP contribution is -2.14. The highest BCUT2D eigenvalue weighted by Crippen LogP contribution is 2.32. The monoisotopic (exact) mass is 295 g/mol. The van der Waals surface area contributed by atoms with Crippen LogP contribution in [0.3, 0.4) is 0 Å². The van der Waals surface area contributed by atoms with Gasteiger partial charge in [0.25, 0.3) is 0 Å². The SMILES string of the molecule is O=C(CC(F)(F)F)c1c[nH]c2cc(Cl)cc(Cl)c12. The van der Waals surface area contributed by atoms with Gasteiger partial charge in [-0.15, -0.1) is 0 Å². The normalized spacial score (nSPS) is 12.1. The standard InChI is InChI=1S/C11H6Cl2F3NO/c12-5-1-7(13)10-6(4-17-8(10)2-5)9(18)3-11(14,15)16/h1-2,4,17H,3H2. The van der Waals surface area contributed by atoms with Gasteiger partial charge in [0.15, 0.2) is 5.78 Å². The average molecular weight is 296 g/mol. The molecular formula is C11H6Cl2F3NO. The van der Waals surface area contributed by atoms with Gasteiger partial charge < -0.3 is 4.98 Å². The average Bonchev–Trinajstić information content (AvgIpc) is 2.58. The number of carbonyl (C=O) groups is 1. The number of H-pyrrole nitrogens is 1. The van der Waals surface area contributed by atoms with Crippen LogP contribution in [-0.2, 0) is 0 Å². The van der Waals surface area contributed by atoms with E-state index >= 15 is 0 Å². The second-order valence-corrected chi connectivity index (χ2v) is 4.57. The molecule has 1 heterocycles. The molecule has 0 aliphatic rings. The number of alkyl halides is 3. The zero-order valence-corrected chi connectivity index (χ0v) is 10.2. The molecule has 0 saturated heterocycles. The summed E-state index contributed by atoms with van der Waals surface area (Å²) in [4.78, 5) is 14.2. The van der Waals surface area contributed by atoms with Crippen molar-refractivity contribution in [2.45, 2.75) is 12.6 Å². The van der Waals surface area contributed by atoms with E-state index in [4.69, 9.17) is 23.2 Å². The van der Waals surface area contributed by atoms with Gasteiger partial charge in [0.2, 0.25) is 0 Å². The largest absolute Gasteiger partial charge is 0.396 e. The van der Waals surface area contributed by atoms with Crippen molar-refractivity contribution in [1.29, 1.82) is 0 Å². The van der Waals surface area contributed by atoms with Crippen LogP contribution in [0.2, 0.25) is 10.0 Å². The number of hydrogen-bond acceptors (Lipinski definition) is 1. The number of aromatic amines is 1. The summed E-state index contributed by atoms with van der Waals surface area (Å²) in [5, 5.41) is 0.740. The molecule has 0 atom stereocenters. The number of benzene rings is 1. The summed E-state index contributed by atoms with van der Waals surface area (Å²) in [6, 6.07) is 2.87. The highest BCUT2D eigenvalue weighted by atomic mass is 35.5. The minimum atomic E-state index is -4.54. The number of Topliss-reactive ketones (excluding diaryl/α,β-unsaturated/α-hetero) is 1. The molecule has 1 N–H and O–H groups in total. The molecule has 2 nitrogen and oxygen atoms in total. The molecule has 0 aliphatic carbocycles. The molecule has 0 radical (unpaired) electrons. The van der Waals surface area contributed by atoms with Crippen molar-refractivity contribution in [3.05, 3.63) is 33.9 Å². The summed E-state index contributed by atoms with van der Waals surface area (Å²) in [6.07, 6.45) is -4.85. The molecule has 2 aromatic rings. The highest BCUT2D eigenvalue weighted by Gasteiger charge is 2.32. The van der Waals surface area contributed by atoms with E-state index in [2.05, 4.69) is 4.98 Å². The molecule has 0 spiro atoms. The molecule has 2 rings (SSSR count). The predicted octanol–water partition coefficient (Wildman–Crippen LogP) is 4.61. The lowest BCUT2D eigenvalue weighted by atomic mass is 10.1. The Labute approximate surface area is 110 Å². The quantitative estimate of drug-likeness (QED) is 0.806. The van der Waals surface area contributed by atoms with Crippen LogP contribution < -0.4 is 0 Å². The first-order valence-electron chi connectivity index (χ1n) is 4.84. The summed E-state index contributed by atoms with van der Waals surface area (Å²) < 4.78 is 36.5. The lowest BCUT2D eigenvalue weighted by molar-refractivity contribution is -0.125.